The second kappa shape index (κ2) is 7.96. The number of sulfonamides is 1. The predicted molar refractivity (Wildman–Crippen MR) is 106 cm³/mol. The number of hydrogen-bond acceptors (Lipinski definition) is 6. The molecular formula is C19H23N3O6S. The summed E-state index contributed by atoms with van der Waals surface area (Å²) in [5.41, 5.74) is 0.916. The fourth-order valence-electron chi connectivity index (χ4n) is 3.32. The molecule has 0 saturated carbocycles. The van der Waals surface area contributed by atoms with Crippen LogP contribution >= 0.6 is 0 Å². The van der Waals surface area contributed by atoms with E-state index >= 15 is 0 Å². The van der Waals surface area contributed by atoms with Crippen LogP contribution in [0.25, 0.3) is 0 Å². The smallest absolute Gasteiger partial charge is 0.330 e. The summed E-state index contributed by atoms with van der Waals surface area (Å²) >= 11 is 0. The average molecular weight is 421 g/mol. The van der Waals surface area contributed by atoms with E-state index in [-0.39, 0.29) is 31.0 Å². The Kier molecular flexibility index (Phi) is 5.76. The zero-order valence-corrected chi connectivity index (χ0v) is 17.3. The molecule has 9 nitrogen and oxygen atoms in total. The summed E-state index contributed by atoms with van der Waals surface area (Å²) in [4.78, 5) is 36.7. The molecule has 1 aliphatic rings. The zero-order chi connectivity index (χ0) is 21.3. The number of carbonyl (C=O) groups excluding carboxylic acids is 1. The first kappa shape index (κ1) is 21.0. The van der Waals surface area contributed by atoms with Crippen molar-refractivity contribution < 1.29 is 17.9 Å². The van der Waals surface area contributed by atoms with Crippen molar-refractivity contribution >= 4 is 16.0 Å². The molecule has 1 unspecified atom stereocenters. The number of ether oxygens (including phenoxy) is 1. The largest absolute Gasteiger partial charge is 0.458 e. The first-order valence-corrected chi connectivity index (χ1v) is 10.8. The molecule has 3 rings (SSSR count). The van der Waals surface area contributed by atoms with Gasteiger partial charge in [0.25, 0.3) is 5.56 Å². The predicted octanol–water partition coefficient (Wildman–Crippen LogP) is -0.0962. The van der Waals surface area contributed by atoms with Crippen LogP contribution in [-0.2, 0) is 53.2 Å². The van der Waals surface area contributed by atoms with Gasteiger partial charge in [-0.15, -0.1) is 0 Å². The van der Waals surface area contributed by atoms with Crippen LogP contribution in [0.5, 0.6) is 0 Å². The fraction of sp³-hybridized carbons (Fsp3) is 0.421. The molecule has 0 aliphatic carbocycles. The Labute approximate surface area is 168 Å². The van der Waals surface area contributed by atoms with Gasteiger partial charge in [-0.05, 0) is 18.1 Å². The van der Waals surface area contributed by atoms with Crippen LogP contribution in [0.15, 0.2) is 39.9 Å². The lowest BCUT2D eigenvalue weighted by Crippen LogP contribution is -2.49. The monoisotopic (exact) mass is 421 g/mol. The molecule has 156 valence electrons. The fourth-order valence-corrected chi connectivity index (χ4v) is 4.53. The van der Waals surface area contributed by atoms with Gasteiger partial charge in [0.2, 0.25) is 10.0 Å². The Morgan fingerprint density at radius 3 is 2.45 bits per heavy atom. The quantitative estimate of drug-likeness (QED) is 0.624. The van der Waals surface area contributed by atoms with E-state index in [1.165, 1.54) is 36.0 Å². The first-order valence-electron chi connectivity index (χ1n) is 9.14. The third kappa shape index (κ3) is 4.03. The second-order valence-electron chi connectivity index (χ2n) is 6.92. The summed E-state index contributed by atoms with van der Waals surface area (Å²) in [5, 5.41) is 0. The van der Waals surface area contributed by atoms with Crippen molar-refractivity contribution in [2.24, 2.45) is 14.1 Å². The van der Waals surface area contributed by atoms with Gasteiger partial charge < -0.3 is 4.74 Å². The highest BCUT2D eigenvalue weighted by Crippen LogP contribution is 2.27. The minimum absolute atomic E-state index is 0.0937. The standard InChI is InChI=1S/C19H23N3O6S/c1-4-29(26,27)22-11-14-8-6-5-7-13(14)9-16(22)18(24)28-12-15-10-17(23)21(3)19(25)20(15)2/h5-8,10,16H,4,9,11-12H2,1-3H3. The molecule has 1 aromatic heterocycles. The number of hydrogen-bond donors (Lipinski definition) is 0. The lowest BCUT2D eigenvalue weighted by Gasteiger charge is -2.34. The van der Waals surface area contributed by atoms with Gasteiger partial charge in [0, 0.05) is 33.1 Å². The Morgan fingerprint density at radius 2 is 1.79 bits per heavy atom. The number of fused-ring (bicyclic) bond motifs is 1. The van der Waals surface area contributed by atoms with Crippen molar-refractivity contribution in [3.63, 3.8) is 0 Å². The number of carbonyl (C=O) groups is 1. The van der Waals surface area contributed by atoms with E-state index in [0.29, 0.717) is 0 Å². The highest BCUT2D eigenvalue weighted by molar-refractivity contribution is 7.89. The summed E-state index contributed by atoms with van der Waals surface area (Å²) in [7, 11) is -0.822. The maximum atomic E-state index is 12.8. The maximum absolute atomic E-state index is 12.8. The minimum atomic E-state index is -3.64. The van der Waals surface area contributed by atoms with Crippen LogP contribution in [0.1, 0.15) is 23.7 Å². The third-order valence-electron chi connectivity index (χ3n) is 5.19. The summed E-state index contributed by atoms with van der Waals surface area (Å²) in [5.74, 6) is -0.855. The third-order valence-corrected chi connectivity index (χ3v) is 7.02. The Bertz CT molecular complexity index is 1170. The molecule has 0 bridgehead atoms. The van der Waals surface area contributed by atoms with E-state index in [4.69, 9.17) is 4.74 Å². The summed E-state index contributed by atoms with van der Waals surface area (Å²) in [6.45, 7) is 1.31. The van der Waals surface area contributed by atoms with E-state index in [2.05, 4.69) is 0 Å². The van der Waals surface area contributed by atoms with Crippen molar-refractivity contribution in [2.75, 3.05) is 5.75 Å². The van der Waals surface area contributed by atoms with E-state index < -0.39 is 33.3 Å². The normalized spacial score (nSPS) is 17.0. The average Bonchev–Trinajstić information content (AvgIpc) is 2.72. The first-order chi connectivity index (χ1) is 13.7. The molecule has 0 N–H and O–H groups in total. The number of aromatic nitrogens is 2. The Morgan fingerprint density at radius 1 is 1.14 bits per heavy atom. The second-order valence-corrected chi connectivity index (χ2v) is 9.13. The van der Waals surface area contributed by atoms with Crippen LogP contribution in [0.2, 0.25) is 0 Å². The number of nitrogens with zero attached hydrogens (tertiary/aromatic N) is 3. The molecule has 2 aromatic rings. The summed E-state index contributed by atoms with van der Waals surface area (Å²) in [6.07, 6.45) is 0.198. The molecule has 1 atom stereocenters. The van der Waals surface area contributed by atoms with Crippen LogP contribution in [-0.4, -0.2) is 39.6 Å². The highest BCUT2D eigenvalue weighted by Gasteiger charge is 2.39. The zero-order valence-electron chi connectivity index (χ0n) is 16.5. The van der Waals surface area contributed by atoms with Crippen molar-refractivity contribution in [1.82, 2.24) is 13.4 Å². The molecule has 0 fully saturated rings. The number of rotatable bonds is 5. The molecule has 1 aromatic carbocycles. The molecule has 0 spiro atoms. The van der Waals surface area contributed by atoms with Gasteiger partial charge in [-0.2, -0.15) is 4.31 Å². The van der Waals surface area contributed by atoms with Gasteiger partial charge in [0.15, 0.2) is 0 Å². The van der Waals surface area contributed by atoms with Gasteiger partial charge in [-0.3, -0.25) is 18.7 Å². The Hall–Kier alpha value is -2.72. The van der Waals surface area contributed by atoms with Gasteiger partial charge in [0.05, 0.1) is 11.4 Å². The molecule has 29 heavy (non-hydrogen) atoms. The summed E-state index contributed by atoms with van der Waals surface area (Å²) < 4.78 is 33.8. The van der Waals surface area contributed by atoms with E-state index in [9.17, 15) is 22.8 Å². The lowest BCUT2D eigenvalue weighted by atomic mass is 9.96. The SMILES string of the molecule is CCS(=O)(=O)N1Cc2ccccc2CC1C(=O)OCc1cc(=O)n(C)c(=O)n1C. The van der Waals surface area contributed by atoms with Crippen molar-refractivity contribution in [2.45, 2.75) is 32.5 Å². The van der Waals surface area contributed by atoms with Crippen LogP contribution in [0, 0.1) is 0 Å². The van der Waals surface area contributed by atoms with E-state index in [0.717, 1.165) is 15.7 Å². The molecular weight excluding hydrogens is 398 g/mol. The molecule has 10 heteroatoms. The van der Waals surface area contributed by atoms with Crippen LogP contribution in [0.4, 0.5) is 0 Å². The van der Waals surface area contributed by atoms with E-state index in [1.807, 2.05) is 24.3 Å². The number of benzene rings is 1. The maximum Gasteiger partial charge on any atom is 0.330 e. The van der Waals surface area contributed by atoms with E-state index in [1.54, 1.807) is 0 Å². The van der Waals surface area contributed by atoms with Gasteiger partial charge in [-0.1, -0.05) is 24.3 Å². The molecule has 0 saturated heterocycles. The highest BCUT2D eigenvalue weighted by atomic mass is 32.2. The van der Waals surface area contributed by atoms with Gasteiger partial charge >= 0.3 is 11.7 Å². The topological polar surface area (TPSA) is 108 Å². The minimum Gasteiger partial charge on any atom is -0.458 e. The van der Waals surface area contributed by atoms with Crippen molar-refractivity contribution in [1.29, 1.82) is 0 Å². The lowest BCUT2D eigenvalue weighted by molar-refractivity contribution is -0.150. The van der Waals surface area contributed by atoms with Crippen molar-refractivity contribution in [3.05, 3.63) is 68.0 Å². The molecule has 0 amide bonds. The Balaban J connectivity index is 1.87. The summed E-state index contributed by atoms with van der Waals surface area (Å²) in [6, 6.07) is 7.57. The molecule has 2 heterocycles. The van der Waals surface area contributed by atoms with Crippen LogP contribution < -0.4 is 11.2 Å². The molecule has 0 radical (unpaired) electrons. The number of esters is 1. The van der Waals surface area contributed by atoms with Crippen LogP contribution in [0.3, 0.4) is 0 Å². The van der Waals surface area contributed by atoms with Gasteiger partial charge in [0.1, 0.15) is 12.6 Å². The van der Waals surface area contributed by atoms with Gasteiger partial charge in [-0.25, -0.2) is 13.2 Å². The van der Waals surface area contributed by atoms with Crippen molar-refractivity contribution in [3.8, 4) is 0 Å². The molecule has 1 aliphatic heterocycles.